The molecule has 1 aromatic carbocycles. The molecule has 4 nitrogen and oxygen atoms in total. The molecule has 6 heteroatoms. The van der Waals surface area contributed by atoms with E-state index in [1.54, 1.807) is 12.1 Å². The highest BCUT2D eigenvalue weighted by molar-refractivity contribution is 6.32. The average Bonchev–Trinajstić information content (AvgIpc) is 2.48. The molecule has 22 heavy (non-hydrogen) atoms. The second-order valence-corrected chi connectivity index (χ2v) is 5.85. The number of piperidine rings is 1. The quantitative estimate of drug-likeness (QED) is 0.860. The summed E-state index contributed by atoms with van der Waals surface area (Å²) >= 11 is 6.08. The predicted molar refractivity (Wildman–Crippen MR) is 92.0 cm³/mol. The molecule has 0 aromatic heterocycles. The molecule has 1 saturated heterocycles. The first-order valence-electron chi connectivity index (χ1n) is 7.56. The van der Waals surface area contributed by atoms with Crippen LogP contribution in [0, 0.1) is 0 Å². The van der Waals surface area contributed by atoms with Crippen LogP contribution >= 0.6 is 24.0 Å². The number of rotatable bonds is 5. The van der Waals surface area contributed by atoms with Gasteiger partial charge in [-0.1, -0.05) is 30.7 Å². The molecule has 3 atom stereocenters. The van der Waals surface area contributed by atoms with Crippen molar-refractivity contribution >= 4 is 29.9 Å². The van der Waals surface area contributed by atoms with Gasteiger partial charge in [-0.15, -0.1) is 12.4 Å². The first kappa shape index (κ1) is 19.1. The molecule has 1 amide bonds. The van der Waals surface area contributed by atoms with Crippen molar-refractivity contribution in [3.8, 4) is 5.75 Å². The lowest BCUT2D eigenvalue weighted by Crippen LogP contribution is -2.54. The van der Waals surface area contributed by atoms with Gasteiger partial charge in [-0.25, -0.2) is 0 Å². The Bertz CT molecular complexity index is 485. The molecule has 0 aliphatic carbocycles. The maximum absolute atomic E-state index is 12.4. The fourth-order valence-corrected chi connectivity index (χ4v) is 2.71. The van der Waals surface area contributed by atoms with Crippen molar-refractivity contribution < 1.29 is 9.53 Å². The number of nitrogens with one attached hydrogen (secondary N) is 2. The highest BCUT2D eigenvalue weighted by Crippen LogP contribution is 2.25. The molecule has 1 heterocycles. The Balaban J connectivity index is 0.00000242. The molecule has 124 valence electrons. The van der Waals surface area contributed by atoms with E-state index in [4.69, 9.17) is 16.3 Å². The molecule has 0 radical (unpaired) electrons. The summed E-state index contributed by atoms with van der Waals surface area (Å²) < 4.78 is 5.77. The van der Waals surface area contributed by atoms with Crippen molar-refractivity contribution in [3.05, 3.63) is 29.3 Å². The van der Waals surface area contributed by atoms with Crippen LogP contribution in [0.4, 0.5) is 0 Å². The number of amides is 1. The van der Waals surface area contributed by atoms with Gasteiger partial charge in [0.15, 0.2) is 6.10 Å². The number of benzene rings is 1. The fraction of sp³-hybridized carbons (Fsp3) is 0.562. The summed E-state index contributed by atoms with van der Waals surface area (Å²) in [7, 11) is 0. The molecule has 0 spiro atoms. The summed E-state index contributed by atoms with van der Waals surface area (Å²) in [6, 6.07) is 7.68. The first-order valence-corrected chi connectivity index (χ1v) is 7.94. The molecule has 0 saturated carbocycles. The molecule has 1 fully saturated rings. The number of hydrogen-bond donors (Lipinski definition) is 2. The summed E-state index contributed by atoms with van der Waals surface area (Å²) in [6.45, 7) is 5.05. The van der Waals surface area contributed by atoms with Crippen LogP contribution in [0.5, 0.6) is 5.75 Å². The molecular formula is C16H24Cl2N2O2. The van der Waals surface area contributed by atoms with Crippen LogP contribution in [0.25, 0.3) is 0 Å². The molecular weight excluding hydrogens is 323 g/mol. The molecule has 1 aliphatic heterocycles. The lowest BCUT2D eigenvalue weighted by atomic mass is 9.99. The van der Waals surface area contributed by atoms with E-state index in [0.29, 0.717) is 23.2 Å². The Kier molecular flexibility index (Phi) is 8.01. The van der Waals surface area contributed by atoms with Crippen molar-refractivity contribution in [1.29, 1.82) is 0 Å². The fourth-order valence-electron chi connectivity index (χ4n) is 2.53. The summed E-state index contributed by atoms with van der Waals surface area (Å²) in [5.74, 6) is 0.481. The molecule has 0 bridgehead atoms. The zero-order valence-corrected chi connectivity index (χ0v) is 14.5. The molecule has 2 N–H and O–H groups in total. The Labute approximate surface area is 143 Å². The van der Waals surface area contributed by atoms with Crippen LogP contribution in [0.1, 0.15) is 33.1 Å². The normalized spacial score (nSPS) is 22.3. The van der Waals surface area contributed by atoms with Crippen molar-refractivity contribution in [3.63, 3.8) is 0 Å². The van der Waals surface area contributed by atoms with Crippen molar-refractivity contribution in [2.45, 2.75) is 51.3 Å². The van der Waals surface area contributed by atoms with Crippen LogP contribution in [-0.2, 0) is 4.79 Å². The highest BCUT2D eigenvalue weighted by atomic mass is 35.5. The van der Waals surface area contributed by atoms with Crippen LogP contribution in [0.15, 0.2) is 24.3 Å². The van der Waals surface area contributed by atoms with Crippen molar-refractivity contribution in [1.82, 2.24) is 10.6 Å². The maximum Gasteiger partial charge on any atom is 0.261 e. The Morgan fingerprint density at radius 2 is 2.23 bits per heavy atom. The van der Waals surface area contributed by atoms with Crippen molar-refractivity contribution in [2.24, 2.45) is 0 Å². The van der Waals surface area contributed by atoms with Gasteiger partial charge in [0.2, 0.25) is 0 Å². The minimum atomic E-state index is -0.515. The lowest BCUT2D eigenvalue weighted by Gasteiger charge is -2.31. The third-order valence-corrected chi connectivity index (χ3v) is 4.17. The predicted octanol–water partition coefficient (Wildman–Crippen LogP) is 3.18. The topological polar surface area (TPSA) is 50.4 Å². The molecule has 2 rings (SSSR count). The van der Waals surface area contributed by atoms with Gasteiger partial charge < -0.3 is 15.4 Å². The average molecular weight is 347 g/mol. The number of para-hydroxylation sites is 1. The van der Waals surface area contributed by atoms with Gasteiger partial charge in [-0.3, -0.25) is 4.79 Å². The van der Waals surface area contributed by atoms with Gasteiger partial charge in [0.1, 0.15) is 5.75 Å². The van der Waals surface area contributed by atoms with E-state index in [9.17, 15) is 4.79 Å². The third-order valence-electron chi connectivity index (χ3n) is 3.86. The van der Waals surface area contributed by atoms with Gasteiger partial charge in [-0.2, -0.15) is 0 Å². The molecule has 1 aliphatic rings. The van der Waals surface area contributed by atoms with Gasteiger partial charge >= 0.3 is 0 Å². The van der Waals surface area contributed by atoms with Crippen LogP contribution < -0.4 is 15.4 Å². The minimum Gasteiger partial charge on any atom is -0.479 e. The molecule has 3 unspecified atom stereocenters. The minimum absolute atomic E-state index is 0. The second-order valence-electron chi connectivity index (χ2n) is 5.45. The van der Waals surface area contributed by atoms with Gasteiger partial charge in [0, 0.05) is 12.1 Å². The van der Waals surface area contributed by atoms with Crippen molar-refractivity contribution in [2.75, 3.05) is 6.54 Å². The number of ether oxygens (including phenoxy) is 1. The highest BCUT2D eigenvalue weighted by Gasteiger charge is 2.26. The lowest BCUT2D eigenvalue weighted by molar-refractivity contribution is -0.129. The Morgan fingerprint density at radius 1 is 1.50 bits per heavy atom. The van der Waals surface area contributed by atoms with E-state index in [2.05, 4.69) is 17.6 Å². The smallest absolute Gasteiger partial charge is 0.261 e. The monoisotopic (exact) mass is 346 g/mol. The number of carbonyl (C=O) groups excluding carboxylic acids is 1. The maximum atomic E-state index is 12.4. The largest absolute Gasteiger partial charge is 0.479 e. The number of hydrogen-bond acceptors (Lipinski definition) is 3. The van der Waals surface area contributed by atoms with E-state index in [-0.39, 0.29) is 24.4 Å². The van der Waals surface area contributed by atoms with E-state index in [0.717, 1.165) is 19.4 Å². The standard InChI is InChI=1S/C16H23ClN2O2.ClH/c1-3-14(21-15-9-5-4-7-12(15)17)16(20)19-13-8-6-10-18-11(13)2;/h4-5,7,9,11,13-14,18H,3,6,8,10H2,1-2H3,(H,19,20);1H. The second kappa shape index (κ2) is 9.23. The van der Waals surface area contributed by atoms with Crippen LogP contribution in [0.2, 0.25) is 5.02 Å². The van der Waals surface area contributed by atoms with Crippen LogP contribution in [-0.4, -0.2) is 30.6 Å². The van der Waals surface area contributed by atoms with E-state index < -0.39 is 6.10 Å². The number of halogens is 2. The summed E-state index contributed by atoms with van der Waals surface area (Å²) in [4.78, 5) is 12.4. The summed E-state index contributed by atoms with van der Waals surface area (Å²) in [6.07, 6.45) is 2.17. The SMILES string of the molecule is CCC(Oc1ccccc1Cl)C(=O)NC1CCCNC1C.Cl. The van der Waals surface area contributed by atoms with Gasteiger partial charge in [0.25, 0.3) is 5.91 Å². The number of carbonyl (C=O) groups is 1. The summed E-state index contributed by atoms with van der Waals surface area (Å²) in [5, 5.41) is 6.99. The van der Waals surface area contributed by atoms with E-state index in [1.165, 1.54) is 0 Å². The zero-order chi connectivity index (χ0) is 15.2. The van der Waals surface area contributed by atoms with Gasteiger partial charge in [-0.05, 0) is 44.9 Å². The Morgan fingerprint density at radius 3 is 2.86 bits per heavy atom. The zero-order valence-electron chi connectivity index (χ0n) is 13.0. The third kappa shape index (κ3) is 5.04. The van der Waals surface area contributed by atoms with E-state index in [1.807, 2.05) is 19.1 Å². The first-order chi connectivity index (χ1) is 10.1. The van der Waals surface area contributed by atoms with Crippen LogP contribution in [0.3, 0.4) is 0 Å². The molecule has 1 aromatic rings. The Hall–Kier alpha value is -0.970. The van der Waals surface area contributed by atoms with Gasteiger partial charge in [0.05, 0.1) is 5.02 Å². The summed E-state index contributed by atoms with van der Waals surface area (Å²) in [5.41, 5.74) is 0. The van der Waals surface area contributed by atoms with E-state index >= 15 is 0 Å².